The van der Waals surface area contributed by atoms with E-state index in [-0.39, 0.29) is 5.82 Å². The number of hydrazine groups is 2. The number of aromatic nitrogens is 3. The molecule has 0 spiro atoms. The summed E-state index contributed by atoms with van der Waals surface area (Å²) in [6.45, 7) is 0.552. The maximum atomic E-state index is 13.8. The second-order valence-electron chi connectivity index (χ2n) is 10.0. The van der Waals surface area contributed by atoms with Crippen LogP contribution in [0.15, 0.2) is 66.8 Å². The molecule has 40 heavy (non-hydrogen) atoms. The molecule has 2 aliphatic rings. The van der Waals surface area contributed by atoms with Crippen LogP contribution in [0.4, 0.5) is 15.8 Å². The van der Waals surface area contributed by atoms with Crippen LogP contribution in [0.2, 0.25) is 5.02 Å². The Morgan fingerprint density at radius 1 is 1.25 bits per heavy atom. The molecule has 2 radical (unpaired) electrons. The maximum absolute atomic E-state index is 13.8. The molecule has 1 aliphatic carbocycles. The summed E-state index contributed by atoms with van der Waals surface area (Å²) in [6, 6.07) is 14.2. The molecule has 6 rings (SSSR count). The minimum absolute atomic E-state index is 0.359. The third-order valence-corrected chi connectivity index (χ3v) is 7.38. The Hall–Kier alpha value is -4.27. The van der Waals surface area contributed by atoms with Gasteiger partial charge in [-0.25, -0.2) is 4.39 Å². The van der Waals surface area contributed by atoms with E-state index < -0.39 is 5.44 Å². The van der Waals surface area contributed by atoms with Crippen molar-refractivity contribution in [3.8, 4) is 6.07 Å². The summed E-state index contributed by atoms with van der Waals surface area (Å²) in [6.07, 6.45) is 8.18. The van der Waals surface area contributed by atoms with Crippen LogP contribution in [-0.2, 0) is 18.9 Å². The van der Waals surface area contributed by atoms with Crippen molar-refractivity contribution in [2.45, 2.75) is 30.7 Å². The van der Waals surface area contributed by atoms with Crippen LogP contribution in [-0.4, -0.2) is 40.2 Å². The van der Waals surface area contributed by atoms with Gasteiger partial charge < -0.3 is 16.1 Å². The van der Waals surface area contributed by atoms with Gasteiger partial charge in [0.1, 0.15) is 19.7 Å². The Morgan fingerprint density at radius 3 is 2.75 bits per heavy atom. The molecule has 0 saturated heterocycles. The van der Waals surface area contributed by atoms with Crippen molar-refractivity contribution in [3.05, 3.63) is 94.4 Å². The predicted molar refractivity (Wildman–Crippen MR) is 154 cm³/mol. The topological polar surface area (TPSA) is 106 Å². The second-order valence-corrected chi connectivity index (χ2v) is 10.4. The molecule has 12 heteroatoms. The van der Waals surface area contributed by atoms with Crippen molar-refractivity contribution in [3.63, 3.8) is 0 Å². The highest BCUT2D eigenvalue weighted by Gasteiger charge is 2.37. The van der Waals surface area contributed by atoms with Crippen molar-refractivity contribution < 1.29 is 4.39 Å². The SMILES string of the molecule is [B]C(Nc1cc(Cl)c2ncc(C#N)c(NCCc3ccn(C)n3)c2c1)(C1=CN(C2CC2)NN1)c1ccc(F)cc1. The number of halogens is 2. The normalized spacial score (nSPS) is 16.2. The second kappa shape index (κ2) is 10.4. The first kappa shape index (κ1) is 26.0. The molecule has 9 nitrogen and oxygen atoms in total. The van der Waals surface area contributed by atoms with Crippen molar-refractivity contribution >= 4 is 41.7 Å². The van der Waals surface area contributed by atoms with Gasteiger partial charge in [0.05, 0.1) is 38.6 Å². The number of anilines is 2. The minimum Gasteiger partial charge on any atom is -0.383 e. The maximum Gasteiger partial charge on any atom is 0.123 e. The van der Waals surface area contributed by atoms with Gasteiger partial charge in [0, 0.05) is 55.7 Å². The van der Waals surface area contributed by atoms with Gasteiger partial charge in [-0.2, -0.15) is 10.4 Å². The lowest BCUT2D eigenvalue weighted by Crippen LogP contribution is -2.45. The fourth-order valence-electron chi connectivity index (χ4n) is 4.83. The van der Waals surface area contributed by atoms with Crippen LogP contribution >= 0.6 is 11.6 Å². The Balaban J connectivity index is 1.37. The quantitative estimate of drug-likeness (QED) is 0.230. The van der Waals surface area contributed by atoms with Gasteiger partial charge >= 0.3 is 0 Å². The number of benzene rings is 2. The zero-order valence-corrected chi connectivity index (χ0v) is 22.5. The fraction of sp³-hybridized carbons (Fsp3) is 0.250. The highest BCUT2D eigenvalue weighted by Crippen LogP contribution is 2.38. The number of nitrogens with zero attached hydrogens (tertiary/aromatic N) is 5. The molecule has 4 aromatic rings. The minimum atomic E-state index is -1.27. The van der Waals surface area contributed by atoms with Crippen LogP contribution in [0.25, 0.3) is 10.9 Å². The zero-order chi connectivity index (χ0) is 27.9. The average molecular weight is 554 g/mol. The lowest BCUT2D eigenvalue weighted by Gasteiger charge is -2.34. The Labute approximate surface area is 237 Å². The number of hydrogen-bond acceptors (Lipinski definition) is 8. The van der Waals surface area contributed by atoms with Crippen molar-refractivity contribution in [1.82, 2.24) is 30.7 Å². The summed E-state index contributed by atoms with van der Waals surface area (Å²) >= 11 is 6.72. The molecule has 3 heterocycles. The smallest absolute Gasteiger partial charge is 0.123 e. The molecule has 0 amide bonds. The largest absolute Gasteiger partial charge is 0.383 e. The first-order valence-electron chi connectivity index (χ1n) is 12.9. The summed E-state index contributed by atoms with van der Waals surface area (Å²) in [5.41, 5.74) is 9.45. The lowest BCUT2D eigenvalue weighted by molar-refractivity contribution is 0.260. The van der Waals surface area contributed by atoms with E-state index in [1.54, 1.807) is 22.9 Å². The molecule has 1 aliphatic heterocycles. The summed E-state index contributed by atoms with van der Waals surface area (Å²) in [5, 5.41) is 24.1. The van der Waals surface area contributed by atoms with Gasteiger partial charge in [0.15, 0.2) is 0 Å². The third-order valence-electron chi connectivity index (χ3n) is 7.09. The van der Waals surface area contributed by atoms with Gasteiger partial charge in [-0.1, -0.05) is 23.7 Å². The molecule has 1 saturated carbocycles. The van der Waals surface area contributed by atoms with E-state index in [1.807, 2.05) is 36.6 Å². The van der Waals surface area contributed by atoms with Crippen LogP contribution in [0.3, 0.4) is 0 Å². The Bertz CT molecular complexity index is 1640. The highest BCUT2D eigenvalue weighted by molar-refractivity contribution is 6.36. The molecular formula is C28H26BClFN9. The number of rotatable bonds is 9. The first-order valence-corrected chi connectivity index (χ1v) is 13.3. The van der Waals surface area contributed by atoms with E-state index in [2.05, 4.69) is 37.7 Å². The molecule has 4 N–H and O–H groups in total. The van der Waals surface area contributed by atoms with Crippen LogP contribution in [0.5, 0.6) is 0 Å². The summed E-state index contributed by atoms with van der Waals surface area (Å²) < 4.78 is 15.6. The molecule has 1 atom stereocenters. The number of nitrogens with one attached hydrogen (secondary N) is 4. The van der Waals surface area contributed by atoms with Gasteiger partial charge in [-0.3, -0.25) is 14.7 Å². The molecule has 0 bridgehead atoms. The summed E-state index contributed by atoms with van der Waals surface area (Å²) in [4.78, 5) is 4.45. The van der Waals surface area contributed by atoms with E-state index in [9.17, 15) is 9.65 Å². The Kier molecular flexibility index (Phi) is 6.74. The first-order chi connectivity index (χ1) is 19.3. The van der Waals surface area contributed by atoms with E-state index in [0.717, 1.165) is 18.5 Å². The predicted octanol–water partition coefficient (Wildman–Crippen LogP) is 4.05. The fourth-order valence-corrected chi connectivity index (χ4v) is 5.10. The molecule has 2 aromatic carbocycles. The number of fused-ring (bicyclic) bond motifs is 1. The zero-order valence-electron chi connectivity index (χ0n) is 21.7. The number of aryl methyl sites for hydroxylation is 1. The van der Waals surface area contributed by atoms with E-state index in [0.29, 0.717) is 63.1 Å². The highest BCUT2D eigenvalue weighted by atomic mass is 35.5. The number of nitriles is 1. The van der Waals surface area contributed by atoms with E-state index in [4.69, 9.17) is 19.4 Å². The van der Waals surface area contributed by atoms with Crippen molar-refractivity contribution in [1.29, 1.82) is 5.26 Å². The van der Waals surface area contributed by atoms with Gasteiger partial charge in [-0.05, 0) is 48.7 Å². The standard InChI is InChI=1S/C28H26BClFN9/c1-39-11-9-20(37-39)8-10-33-26-17(14-32)15-34-27-23(26)12-21(13-24(27)30)35-28(29,18-2-4-19(31)5-3-18)25-16-40(38-36-25)22-6-7-22/h2-5,9,11-13,15-16,22,35-36,38H,6-8,10H2,1H3,(H,33,34). The summed E-state index contributed by atoms with van der Waals surface area (Å²) in [7, 11) is 8.93. The van der Waals surface area contributed by atoms with E-state index in [1.165, 1.54) is 18.3 Å². The number of hydrogen-bond donors (Lipinski definition) is 4. The third kappa shape index (κ3) is 5.03. The van der Waals surface area contributed by atoms with Gasteiger partial charge in [-0.15, -0.1) is 5.53 Å². The van der Waals surface area contributed by atoms with Crippen LogP contribution in [0, 0.1) is 17.1 Å². The van der Waals surface area contributed by atoms with Crippen molar-refractivity contribution in [2.24, 2.45) is 7.05 Å². The molecule has 1 unspecified atom stereocenters. The lowest BCUT2D eigenvalue weighted by atomic mass is 9.69. The molecular weight excluding hydrogens is 528 g/mol. The van der Waals surface area contributed by atoms with Gasteiger partial charge in [0.25, 0.3) is 0 Å². The van der Waals surface area contributed by atoms with Crippen molar-refractivity contribution in [2.75, 3.05) is 17.2 Å². The molecule has 2 aromatic heterocycles. The van der Waals surface area contributed by atoms with E-state index >= 15 is 0 Å². The average Bonchev–Trinajstić information content (AvgIpc) is 3.51. The summed E-state index contributed by atoms with van der Waals surface area (Å²) in [5.74, 6) is -0.359. The number of pyridine rings is 1. The molecule has 200 valence electrons. The van der Waals surface area contributed by atoms with Gasteiger partial charge in [0.2, 0.25) is 0 Å². The van der Waals surface area contributed by atoms with Crippen LogP contribution < -0.4 is 21.6 Å². The monoisotopic (exact) mass is 553 g/mol. The van der Waals surface area contributed by atoms with Crippen LogP contribution in [0.1, 0.15) is 29.7 Å². The molecule has 1 fully saturated rings. The Morgan fingerprint density at radius 2 is 2.05 bits per heavy atom.